The Balaban J connectivity index is 1.07. The van der Waals surface area contributed by atoms with Crippen molar-refractivity contribution in [2.75, 3.05) is 13.7 Å². The Hall–Kier alpha value is -4.40. The van der Waals surface area contributed by atoms with Crippen LogP contribution >= 0.6 is 0 Å². The van der Waals surface area contributed by atoms with Gasteiger partial charge in [-0.25, -0.2) is 18.2 Å². The number of sulfonamides is 1. The van der Waals surface area contributed by atoms with Crippen molar-refractivity contribution in [3.63, 3.8) is 0 Å². The normalized spacial score (nSPS) is 31.9. The topological polar surface area (TPSA) is 182 Å². The molecule has 58 heavy (non-hydrogen) atoms. The Morgan fingerprint density at radius 2 is 1.71 bits per heavy atom. The summed E-state index contributed by atoms with van der Waals surface area (Å²) in [6.07, 6.45) is 14.0. The average Bonchev–Trinajstić information content (AvgIpc) is 4.17. The fourth-order valence-electron chi connectivity index (χ4n) is 10.3. The van der Waals surface area contributed by atoms with Gasteiger partial charge < -0.3 is 29.7 Å². The predicted octanol–water partition coefficient (Wildman–Crippen LogP) is 4.83. The summed E-state index contributed by atoms with van der Waals surface area (Å²) in [7, 11) is -2.24. The molecule has 6 fully saturated rings. The van der Waals surface area contributed by atoms with Crippen LogP contribution in [0.3, 0.4) is 0 Å². The Kier molecular flexibility index (Phi) is 10.5. The third-order valence-corrected chi connectivity index (χ3v) is 15.7. The first kappa shape index (κ1) is 39.1. The van der Waals surface area contributed by atoms with E-state index in [1.54, 1.807) is 7.11 Å². The van der Waals surface area contributed by atoms with E-state index in [1.165, 1.54) is 4.90 Å². The van der Waals surface area contributed by atoms with E-state index in [0.29, 0.717) is 42.8 Å². The van der Waals surface area contributed by atoms with Gasteiger partial charge in [-0.3, -0.25) is 19.1 Å². The molecule has 2 aliphatic heterocycles. The molecule has 2 aromatic rings. The van der Waals surface area contributed by atoms with Crippen LogP contribution in [0.1, 0.15) is 102 Å². The minimum Gasteiger partial charge on any atom is -0.496 e. The summed E-state index contributed by atoms with van der Waals surface area (Å²) in [5.74, 6) is -0.618. The maximum atomic E-state index is 15.0. The van der Waals surface area contributed by atoms with Crippen LogP contribution in [0.5, 0.6) is 11.6 Å². The summed E-state index contributed by atoms with van der Waals surface area (Å²) in [6.45, 7) is 0.0228. The second-order valence-electron chi connectivity index (χ2n) is 17.8. The summed E-state index contributed by atoms with van der Waals surface area (Å²) in [6, 6.07) is 5.67. The Morgan fingerprint density at radius 3 is 2.47 bits per heavy atom. The lowest BCUT2D eigenvalue weighted by atomic mass is 9.96. The maximum Gasteiger partial charge on any atom is 0.408 e. The first-order chi connectivity index (χ1) is 28.0. The number of fused-ring (bicyclic) bond motifs is 5. The lowest BCUT2D eigenvalue weighted by Gasteiger charge is -2.32. The van der Waals surface area contributed by atoms with Crippen molar-refractivity contribution in [2.45, 2.75) is 138 Å². The minimum atomic E-state index is -3.86. The van der Waals surface area contributed by atoms with E-state index in [9.17, 15) is 27.6 Å². The van der Waals surface area contributed by atoms with Crippen LogP contribution in [0.15, 0.2) is 36.4 Å². The molecule has 9 rings (SSSR count). The van der Waals surface area contributed by atoms with Gasteiger partial charge in [0.05, 0.1) is 30.0 Å². The molecule has 5 saturated carbocycles. The molecule has 7 aliphatic rings. The van der Waals surface area contributed by atoms with Crippen LogP contribution < -0.4 is 24.8 Å². The molecule has 14 nitrogen and oxygen atoms in total. The highest BCUT2D eigenvalue weighted by molar-refractivity contribution is 7.91. The number of alkyl carbamates (subject to hydrolysis) is 1. The van der Waals surface area contributed by atoms with Crippen LogP contribution in [0.2, 0.25) is 0 Å². The first-order valence-electron chi connectivity index (χ1n) is 21.5. The first-order valence-corrected chi connectivity index (χ1v) is 23.0. The monoisotopic (exact) mass is 817 g/mol. The highest BCUT2D eigenvalue weighted by Crippen LogP contribution is 2.57. The van der Waals surface area contributed by atoms with Crippen molar-refractivity contribution < 1.29 is 41.8 Å². The van der Waals surface area contributed by atoms with E-state index in [4.69, 9.17) is 19.2 Å². The number of benzene rings is 1. The molecule has 2 bridgehead atoms. The van der Waals surface area contributed by atoms with Gasteiger partial charge in [0.1, 0.15) is 35.6 Å². The van der Waals surface area contributed by atoms with E-state index < -0.39 is 62.8 Å². The number of pyridine rings is 1. The van der Waals surface area contributed by atoms with E-state index in [-0.39, 0.29) is 42.7 Å². The number of aromatic nitrogens is 1. The molecule has 1 aromatic carbocycles. The standard InChI is InChI=1S/C43H55N5O9S/c1-55-37-30-14-7-8-16-33(30)44-39-31(37)15-4-2-3-10-26-13-9-17-35(26)57-42(52)45-36(27-11-5-6-12-27)40(50)48-24-28(56-39)22-34(48)38(49)46-43(23-32(43)25-18-19-25)41(51)47-58(53,54)29-20-21-29/h2,4,7-8,14,16,25-29,32,34-36H,3,5-6,9-13,15,17-24H2,1H3,(H,45,52)(H,46,49)(H,47,51)/t26-,28-,32+,34+,35-,36+,43-/m1/s1. The van der Waals surface area contributed by atoms with Gasteiger partial charge in [0.15, 0.2) is 0 Å². The molecule has 3 heterocycles. The van der Waals surface area contributed by atoms with E-state index in [0.717, 1.165) is 81.6 Å². The molecular formula is C43H55N5O9S. The van der Waals surface area contributed by atoms with Crippen LogP contribution in [-0.4, -0.2) is 90.9 Å². The molecule has 1 aromatic heterocycles. The van der Waals surface area contributed by atoms with E-state index in [1.807, 2.05) is 24.3 Å². The van der Waals surface area contributed by atoms with Crippen LogP contribution in [0.4, 0.5) is 4.79 Å². The van der Waals surface area contributed by atoms with Gasteiger partial charge in [0, 0.05) is 11.8 Å². The maximum absolute atomic E-state index is 15.0. The van der Waals surface area contributed by atoms with Gasteiger partial charge in [-0.15, -0.1) is 0 Å². The highest BCUT2D eigenvalue weighted by Gasteiger charge is 2.67. The zero-order chi connectivity index (χ0) is 40.2. The van der Waals surface area contributed by atoms with Gasteiger partial charge >= 0.3 is 6.09 Å². The molecule has 312 valence electrons. The summed E-state index contributed by atoms with van der Waals surface area (Å²) in [4.78, 5) is 63.6. The fourth-order valence-corrected chi connectivity index (χ4v) is 11.7. The Morgan fingerprint density at radius 1 is 0.931 bits per heavy atom. The number of allylic oxidation sites excluding steroid dienone is 2. The molecule has 1 saturated heterocycles. The largest absolute Gasteiger partial charge is 0.496 e. The number of nitrogens with one attached hydrogen (secondary N) is 3. The number of hydrogen-bond acceptors (Lipinski definition) is 10. The highest BCUT2D eigenvalue weighted by atomic mass is 32.2. The number of methoxy groups -OCH3 is 1. The van der Waals surface area contributed by atoms with Crippen molar-refractivity contribution in [1.29, 1.82) is 0 Å². The summed E-state index contributed by atoms with van der Waals surface area (Å²) < 4.78 is 47.0. The van der Waals surface area contributed by atoms with Crippen molar-refractivity contribution in [3.8, 4) is 11.6 Å². The molecule has 5 aliphatic carbocycles. The summed E-state index contributed by atoms with van der Waals surface area (Å²) in [5.41, 5.74) is 0.0347. The summed E-state index contributed by atoms with van der Waals surface area (Å²) in [5, 5.41) is 6.21. The number of nitrogens with zero attached hydrogens (tertiary/aromatic N) is 2. The SMILES string of the molecule is COc1c2c(nc3ccccc13)O[C@@H]1C[C@@H](C(=O)N[C@]3(C(=O)NS(=O)(=O)C4CC4)C[C@H]3C3CC3)N(C1)C(=O)[C@H](C1CCCC1)NC(=O)O[C@@H]1CCC[C@H]1CCC=CC2. The average molecular weight is 818 g/mol. The molecular weight excluding hydrogens is 763 g/mol. The van der Waals surface area contributed by atoms with Crippen molar-refractivity contribution in [3.05, 3.63) is 42.0 Å². The van der Waals surface area contributed by atoms with E-state index >= 15 is 0 Å². The van der Waals surface area contributed by atoms with Crippen molar-refractivity contribution >= 4 is 44.7 Å². The second kappa shape index (κ2) is 15.6. The molecule has 4 amide bonds. The van der Waals surface area contributed by atoms with Crippen molar-refractivity contribution in [1.82, 2.24) is 25.2 Å². The van der Waals surface area contributed by atoms with Gasteiger partial charge in [-0.05, 0) is 119 Å². The lowest BCUT2D eigenvalue weighted by molar-refractivity contribution is -0.142. The van der Waals surface area contributed by atoms with Crippen LogP contribution in [0.25, 0.3) is 10.9 Å². The number of carbonyl (C=O) groups excluding carboxylic acids is 4. The van der Waals surface area contributed by atoms with Crippen LogP contribution in [-0.2, 0) is 35.6 Å². The zero-order valence-electron chi connectivity index (χ0n) is 33.2. The molecule has 15 heteroatoms. The zero-order valence-corrected chi connectivity index (χ0v) is 34.0. The van der Waals surface area contributed by atoms with Gasteiger partial charge in [-0.1, -0.05) is 37.1 Å². The molecule has 0 radical (unpaired) electrons. The van der Waals surface area contributed by atoms with Crippen LogP contribution in [0, 0.1) is 23.7 Å². The molecule has 0 spiro atoms. The fraction of sp³-hybridized carbons (Fsp3) is 0.651. The lowest BCUT2D eigenvalue weighted by Crippen LogP contribution is -2.59. The number of amides is 4. The summed E-state index contributed by atoms with van der Waals surface area (Å²) >= 11 is 0. The Bertz CT molecular complexity index is 2100. The second-order valence-corrected chi connectivity index (χ2v) is 19.7. The number of hydrogen-bond donors (Lipinski definition) is 3. The molecule has 7 atom stereocenters. The van der Waals surface area contributed by atoms with Gasteiger partial charge in [-0.2, -0.15) is 0 Å². The number of carbonyl (C=O) groups is 4. The van der Waals surface area contributed by atoms with Crippen molar-refractivity contribution in [2.24, 2.45) is 23.7 Å². The van der Waals surface area contributed by atoms with E-state index in [2.05, 4.69) is 27.5 Å². The third kappa shape index (κ3) is 7.75. The quantitative estimate of drug-likeness (QED) is 0.312. The number of rotatable bonds is 8. The third-order valence-electron chi connectivity index (χ3n) is 13.8. The minimum absolute atomic E-state index is 0.0228. The molecule has 0 unspecified atom stereocenters. The smallest absolute Gasteiger partial charge is 0.408 e. The number of para-hydroxylation sites is 1. The predicted molar refractivity (Wildman–Crippen MR) is 213 cm³/mol. The van der Waals surface area contributed by atoms with Gasteiger partial charge in [0.2, 0.25) is 27.7 Å². The van der Waals surface area contributed by atoms with Gasteiger partial charge in [0.25, 0.3) is 5.91 Å². The molecule has 3 N–H and O–H groups in total. The Labute approximate surface area is 339 Å². The number of ether oxygens (including phenoxy) is 3.